The predicted octanol–water partition coefficient (Wildman–Crippen LogP) is 1.18. The Bertz CT molecular complexity index is 352. The molecule has 1 aliphatic heterocycles. The molecule has 0 radical (unpaired) electrons. The van der Waals surface area contributed by atoms with Gasteiger partial charge in [0.05, 0.1) is 12.6 Å². The van der Waals surface area contributed by atoms with Crippen molar-refractivity contribution in [1.29, 1.82) is 0 Å². The second-order valence-corrected chi connectivity index (χ2v) is 3.24. The highest BCUT2D eigenvalue weighted by atomic mass is 16.5. The van der Waals surface area contributed by atoms with E-state index in [0.717, 1.165) is 17.7 Å². The average molecular weight is 192 g/mol. The quantitative estimate of drug-likeness (QED) is 0.701. The van der Waals surface area contributed by atoms with Gasteiger partial charge in [-0.05, 0) is 6.07 Å². The summed E-state index contributed by atoms with van der Waals surface area (Å²) in [4.78, 5) is 10.7. The molecule has 0 saturated heterocycles. The van der Waals surface area contributed by atoms with E-state index in [1.54, 1.807) is 0 Å². The predicted molar refractivity (Wildman–Crippen MR) is 52.0 cm³/mol. The van der Waals surface area contributed by atoms with Crippen molar-refractivity contribution in [2.45, 2.75) is 12.5 Å². The molecule has 1 heterocycles. The van der Waals surface area contributed by atoms with Crippen molar-refractivity contribution in [2.24, 2.45) is 5.73 Å². The molecule has 4 nitrogen and oxygen atoms in total. The third kappa shape index (κ3) is 1.64. The van der Waals surface area contributed by atoms with E-state index >= 15 is 0 Å². The number of rotatable bonds is 1. The van der Waals surface area contributed by atoms with Crippen molar-refractivity contribution in [2.75, 3.05) is 6.61 Å². The van der Waals surface area contributed by atoms with E-state index in [2.05, 4.69) is 5.32 Å². The fourth-order valence-electron chi connectivity index (χ4n) is 1.66. The van der Waals surface area contributed by atoms with Crippen molar-refractivity contribution in [1.82, 2.24) is 5.32 Å². The molecule has 1 aromatic carbocycles. The molecule has 74 valence electrons. The maximum atomic E-state index is 10.7. The number of urea groups is 1. The zero-order valence-corrected chi connectivity index (χ0v) is 7.69. The summed E-state index contributed by atoms with van der Waals surface area (Å²) in [5, 5.41) is 2.70. The van der Waals surface area contributed by atoms with Gasteiger partial charge in [-0.25, -0.2) is 4.79 Å². The second kappa shape index (κ2) is 3.57. The lowest BCUT2D eigenvalue weighted by atomic mass is 10.0. The Labute approximate surface area is 82.1 Å². The zero-order chi connectivity index (χ0) is 9.97. The van der Waals surface area contributed by atoms with Crippen LogP contribution in [-0.4, -0.2) is 12.6 Å². The van der Waals surface area contributed by atoms with Crippen molar-refractivity contribution in [3.05, 3.63) is 29.8 Å². The first-order valence-corrected chi connectivity index (χ1v) is 4.55. The largest absolute Gasteiger partial charge is 0.493 e. The molecule has 3 N–H and O–H groups in total. The Hall–Kier alpha value is -1.71. The first-order valence-electron chi connectivity index (χ1n) is 4.55. The molecule has 2 rings (SSSR count). The molecule has 2 amide bonds. The van der Waals surface area contributed by atoms with Crippen molar-refractivity contribution >= 4 is 6.03 Å². The van der Waals surface area contributed by atoms with Crippen LogP contribution in [0.3, 0.4) is 0 Å². The summed E-state index contributed by atoms with van der Waals surface area (Å²) in [6, 6.07) is 7.15. The summed E-state index contributed by atoms with van der Waals surface area (Å²) < 4.78 is 5.44. The van der Waals surface area contributed by atoms with Gasteiger partial charge in [0, 0.05) is 12.0 Å². The molecular weight excluding hydrogens is 180 g/mol. The van der Waals surface area contributed by atoms with Crippen LogP contribution in [-0.2, 0) is 0 Å². The number of nitrogens with one attached hydrogen (secondary N) is 1. The number of amides is 2. The van der Waals surface area contributed by atoms with E-state index in [1.807, 2.05) is 24.3 Å². The van der Waals surface area contributed by atoms with Crippen LogP contribution in [0.1, 0.15) is 18.0 Å². The molecular formula is C10H12N2O2. The summed E-state index contributed by atoms with van der Waals surface area (Å²) in [6.45, 7) is 0.613. The molecule has 1 aliphatic rings. The summed E-state index contributed by atoms with van der Waals surface area (Å²) >= 11 is 0. The highest BCUT2D eigenvalue weighted by Crippen LogP contribution is 2.31. The Balaban J connectivity index is 2.26. The third-order valence-electron chi connectivity index (χ3n) is 2.28. The monoisotopic (exact) mass is 192 g/mol. The minimum Gasteiger partial charge on any atom is -0.493 e. The second-order valence-electron chi connectivity index (χ2n) is 3.24. The van der Waals surface area contributed by atoms with E-state index in [1.165, 1.54) is 0 Å². The average Bonchev–Trinajstić information content (AvgIpc) is 2.18. The molecule has 0 fully saturated rings. The van der Waals surface area contributed by atoms with E-state index in [4.69, 9.17) is 10.5 Å². The van der Waals surface area contributed by atoms with Crippen LogP contribution in [0.4, 0.5) is 4.79 Å². The minimum atomic E-state index is -0.494. The maximum absolute atomic E-state index is 10.7. The Morgan fingerprint density at radius 3 is 3.07 bits per heavy atom. The number of nitrogens with two attached hydrogens (primary N) is 1. The third-order valence-corrected chi connectivity index (χ3v) is 2.28. The maximum Gasteiger partial charge on any atom is 0.312 e. The van der Waals surface area contributed by atoms with Gasteiger partial charge in [-0.1, -0.05) is 18.2 Å². The number of ether oxygens (including phenoxy) is 1. The first-order chi connectivity index (χ1) is 6.77. The zero-order valence-electron chi connectivity index (χ0n) is 7.69. The molecule has 1 aromatic rings. The smallest absolute Gasteiger partial charge is 0.312 e. The van der Waals surface area contributed by atoms with Crippen molar-refractivity contribution in [3.8, 4) is 5.75 Å². The Kier molecular flexibility index (Phi) is 2.26. The number of hydrogen-bond acceptors (Lipinski definition) is 2. The van der Waals surface area contributed by atoms with Gasteiger partial charge in [0.2, 0.25) is 0 Å². The normalized spacial score (nSPS) is 19.3. The lowest BCUT2D eigenvalue weighted by molar-refractivity contribution is 0.230. The number of benzene rings is 1. The van der Waals surface area contributed by atoms with E-state index < -0.39 is 6.03 Å². The standard InChI is InChI=1S/C10H12N2O2/c11-10(13)12-8-5-6-14-9-4-2-1-3-7(8)9/h1-4,8H,5-6H2,(H3,11,12,13)/t8-/m1/s1. The van der Waals surface area contributed by atoms with Crippen LogP contribution >= 0.6 is 0 Å². The number of hydrogen-bond donors (Lipinski definition) is 2. The van der Waals surface area contributed by atoms with Gasteiger partial charge >= 0.3 is 6.03 Å². The first kappa shape index (κ1) is 8.87. The van der Waals surface area contributed by atoms with Crippen molar-refractivity contribution in [3.63, 3.8) is 0 Å². The highest BCUT2D eigenvalue weighted by Gasteiger charge is 2.21. The van der Waals surface area contributed by atoms with Crippen LogP contribution in [0.15, 0.2) is 24.3 Å². The molecule has 1 atom stereocenters. The summed E-state index contributed by atoms with van der Waals surface area (Å²) in [5.41, 5.74) is 6.09. The van der Waals surface area contributed by atoms with Crippen molar-refractivity contribution < 1.29 is 9.53 Å². The lowest BCUT2D eigenvalue weighted by Gasteiger charge is -2.25. The van der Waals surface area contributed by atoms with Gasteiger partial charge in [0.25, 0.3) is 0 Å². The SMILES string of the molecule is NC(=O)N[C@@H]1CCOc2ccccc21. The van der Waals surface area contributed by atoms with Crippen LogP contribution in [0.2, 0.25) is 0 Å². The summed E-state index contributed by atoms with van der Waals surface area (Å²) in [5.74, 6) is 0.831. The highest BCUT2D eigenvalue weighted by molar-refractivity contribution is 5.72. The number of carbonyl (C=O) groups is 1. The Morgan fingerprint density at radius 1 is 1.50 bits per heavy atom. The fraction of sp³-hybridized carbons (Fsp3) is 0.300. The molecule has 0 unspecified atom stereocenters. The van der Waals surface area contributed by atoms with Gasteiger partial charge in [-0.15, -0.1) is 0 Å². The summed E-state index contributed by atoms with van der Waals surface area (Å²) in [6.07, 6.45) is 0.764. The summed E-state index contributed by atoms with van der Waals surface area (Å²) in [7, 11) is 0. The van der Waals surface area contributed by atoms with E-state index in [0.29, 0.717) is 6.61 Å². The van der Waals surface area contributed by atoms with E-state index in [-0.39, 0.29) is 6.04 Å². The van der Waals surface area contributed by atoms with Crippen LogP contribution in [0.5, 0.6) is 5.75 Å². The number of fused-ring (bicyclic) bond motifs is 1. The number of carbonyl (C=O) groups excluding carboxylic acids is 1. The van der Waals surface area contributed by atoms with Crippen LogP contribution in [0.25, 0.3) is 0 Å². The number of para-hydroxylation sites is 1. The van der Waals surface area contributed by atoms with Crippen LogP contribution in [0, 0.1) is 0 Å². The lowest BCUT2D eigenvalue weighted by Crippen LogP contribution is -2.35. The molecule has 0 spiro atoms. The van der Waals surface area contributed by atoms with Gasteiger partial charge in [-0.2, -0.15) is 0 Å². The number of primary amides is 1. The molecule has 0 aliphatic carbocycles. The minimum absolute atomic E-state index is 0.0163. The molecule has 0 aromatic heterocycles. The topological polar surface area (TPSA) is 64.4 Å². The Morgan fingerprint density at radius 2 is 2.29 bits per heavy atom. The van der Waals surface area contributed by atoms with E-state index in [9.17, 15) is 4.79 Å². The molecule has 14 heavy (non-hydrogen) atoms. The molecule has 0 saturated carbocycles. The van der Waals surface area contributed by atoms with Gasteiger partial charge in [0.15, 0.2) is 0 Å². The van der Waals surface area contributed by atoms with Gasteiger partial charge < -0.3 is 15.8 Å². The fourth-order valence-corrected chi connectivity index (χ4v) is 1.66. The van der Waals surface area contributed by atoms with Crippen LogP contribution < -0.4 is 15.8 Å². The molecule has 4 heteroatoms. The molecule has 0 bridgehead atoms. The van der Waals surface area contributed by atoms with Gasteiger partial charge in [-0.3, -0.25) is 0 Å². The van der Waals surface area contributed by atoms with Gasteiger partial charge in [0.1, 0.15) is 5.75 Å².